The Morgan fingerprint density at radius 3 is 2.37 bits per heavy atom. The van der Waals surface area contributed by atoms with Gasteiger partial charge < -0.3 is 23.7 Å². The molecule has 0 aliphatic heterocycles. The van der Waals surface area contributed by atoms with Crippen LogP contribution in [0.25, 0.3) is 10.8 Å². The van der Waals surface area contributed by atoms with Crippen molar-refractivity contribution in [2.45, 2.75) is 18.7 Å². The average molecular weight is 438 g/mol. The average Bonchev–Trinajstić information content (AvgIpc) is 2.72. The van der Waals surface area contributed by atoms with Gasteiger partial charge in [-0.25, -0.2) is 4.79 Å². The number of carbonyl (C=O) groups is 2. The summed E-state index contributed by atoms with van der Waals surface area (Å²) in [4.78, 5) is 24.4. The number of esters is 2. The molecule has 0 bridgehead atoms. The highest BCUT2D eigenvalue weighted by Crippen LogP contribution is 2.45. The topological polar surface area (TPSA) is 97.4 Å². The fourth-order valence-electron chi connectivity index (χ4n) is 2.74. The van der Waals surface area contributed by atoms with E-state index >= 15 is 0 Å². The van der Waals surface area contributed by atoms with Crippen LogP contribution in [-0.4, -0.2) is 56.4 Å². The Bertz CT molecular complexity index is 938. The number of fused-ring (bicyclic) bond motifs is 1. The molecule has 2 aromatic rings. The third-order valence-electron chi connectivity index (χ3n) is 4.04. The van der Waals surface area contributed by atoms with Gasteiger partial charge in [0.1, 0.15) is 12.4 Å². The molecule has 0 radical (unpaired) electrons. The zero-order valence-electron chi connectivity index (χ0n) is 17.7. The SMILES string of the molecule is COC(=O)CS(=O)c1cccc2cc(OC)c(OC)c(OC(=O)COCC(C)C)c12. The van der Waals surface area contributed by atoms with Gasteiger partial charge in [-0.2, -0.15) is 0 Å². The van der Waals surface area contributed by atoms with Gasteiger partial charge in [-0.3, -0.25) is 9.00 Å². The summed E-state index contributed by atoms with van der Waals surface area (Å²) in [5.41, 5.74) is 0. The Morgan fingerprint density at radius 1 is 1.03 bits per heavy atom. The lowest BCUT2D eigenvalue weighted by molar-refractivity contribution is -0.140. The minimum absolute atomic E-state index is 0.0545. The third-order valence-corrected chi connectivity index (χ3v) is 5.36. The highest BCUT2D eigenvalue weighted by molar-refractivity contribution is 7.86. The van der Waals surface area contributed by atoms with Crippen LogP contribution < -0.4 is 14.2 Å². The molecule has 0 saturated carbocycles. The highest BCUT2D eigenvalue weighted by atomic mass is 32.2. The van der Waals surface area contributed by atoms with Crippen LogP contribution in [0.3, 0.4) is 0 Å². The minimum atomic E-state index is -1.74. The molecular formula is C21H26O8S. The zero-order valence-corrected chi connectivity index (χ0v) is 18.5. The first-order chi connectivity index (χ1) is 14.3. The number of hydrogen-bond acceptors (Lipinski definition) is 8. The fraction of sp³-hybridized carbons (Fsp3) is 0.429. The number of hydrogen-bond donors (Lipinski definition) is 0. The second kappa shape index (κ2) is 10.9. The quantitative estimate of drug-likeness (QED) is 0.413. The molecule has 0 spiro atoms. The standard InChI is InChI=1S/C21H26O8S/c1-13(2)10-28-11-17(22)29-21-19-14(9-15(25-3)20(21)27-5)7-6-8-16(19)30(24)12-18(23)26-4/h6-9,13H,10-12H2,1-5H3. The molecule has 9 heteroatoms. The van der Waals surface area contributed by atoms with Crippen molar-refractivity contribution in [2.24, 2.45) is 5.92 Å². The van der Waals surface area contributed by atoms with Gasteiger partial charge in [0.05, 0.1) is 37.0 Å². The van der Waals surface area contributed by atoms with Crippen LogP contribution in [0.5, 0.6) is 17.2 Å². The molecule has 2 rings (SSSR count). The Balaban J connectivity index is 2.56. The van der Waals surface area contributed by atoms with Crippen molar-refractivity contribution in [2.75, 3.05) is 40.3 Å². The van der Waals surface area contributed by atoms with Crippen LogP contribution in [0.4, 0.5) is 0 Å². The van der Waals surface area contributed by atoms with Gasteiger partial charge in [-0.05, 0) is 23.4 Å². The van der Waals surface area contributed by atoms with Gasteiger partial charge in [-0.15, -0.1) is 0 Å². The van der Waals surface area contributed by atoms with Crippen molar-refractivity contribution in [3.05, 3.63) is 24.3 Å². The molecule has 2 aromatic carbocycles. The summed E-state index contributed by atoms with van der Waals surface area (Å²) in [5.74, 6) is -0.773. The van der Waals surface area contributed by atoms with E-state index in [9.17, 15) is 13.8 Å². The number of ether oxygens (including phenoxy) is 5. The summed E-state index contributed by atoms with van der Waals surface area (Å²) < 4.78 is 39.2. The predicted octanol–water partition coefficient (Wildman–Crippen LogP) is 2.72. The summed E-state index contributed by atoms with van der Waals surface area (Å²) >= 11 is 0. The first-order valence-corrected chi connectivity index (χ1v) is 10.6. The molecule has 0 amide bonds. The number of rotatable bonds is 10. The molecule has 30 heavy (non-hydrogen) atoms. The van der Waals surface area contributed by atoms with Gasteiger partial charge in [0, 0.05) is 12.0 Å². The molecule has 0 aliphatic carbocycles. The van der Waals surface area contributed by atoms with Crippen LogP contribution in [0.1, 0.15) is 13.8 Å². The summed E-state index contributed by atoms with van der Waals surface area (Å²) in [6.45, 7) is 4.08. The molecule has 8 nitrogen and oxygen atoms in total. The lowest BCUT2D eigenvalue weighted by Crippen LogP contribution is -2.18. The molecule has 0 heterocycles. The van der Waals surface area contributed by atoms with Crippen molar-refractivity contribution >= 4 is 33.5 Å². The van der Waals surface area contributed by atoms with E-state index in [2.05, 4.69) is 4.74 Å². The minimum Gasteiger partial charge on any atom is -0.493 e. The predicted molar refractivity (Wildman–Crippen MR) is 112 cm³/mol. The second-order valence-corrected chi connectivity index (χ2v) is 8.16. The van der Waals surface area contributed by atoms with Crippen LogP contribution in [0.2, 0.25) is 0 Å². The summed E-state index contributed by atoms with van der Waals surface area (Å²) in [7, 11) is 2.35. The summed E-state index contributed by atoms with van der Waals surface area (Å²) in [6.07, 6.45) is 0. The van der Waals surface area contributed by atoms with Crippen LogP contribution >= 0.6 is 0 Å². The molecule has 0 saturated heterocycles. The van der Waals surface area contributed by atoms with Crippen molar-refractivity contribution in [1.29, 1.82) is 0 Å². The molecule has 0 aromatic heterocycles. The number of carbonyl (C=O) groups excluding carboxylic acids is 2. The Hall–Kier alpha value is -2.65. The Kier molecular flexibility index (Phi) is 8.61. The molecule has 0 aliphatic rings. The van der Waals surface area contributed by atoms with Crippen LogP contribution in [0.15, 0.2) is 29.2 Å². The molecule has 0 N–H and O–H groups in total. The van der Waals surface area contributed by atoms with E-state index in [0.717, 1.165) is 0 Å². The van der Waals surface area contributed by atoms with Gasteiger partial charge >= 0.3 is 11.9 Å². The van der Waals surface area contributed by atoms with Gasteiger partial charge in [0.15, 0.2) is 11.5 Å². The van der Waals surface area contributed by atoms with Crippen LogP contribution in [0, 0.1) is 5.92 Å². The maximum Gasteiger partial charge on any atom is 0.337 e. The van der Waals surface area contributed by atoms with Crippen molar-refractivity contribution < 1.29 is 37.5 Å². The number of methoxy groups -OCH3 is 3. The first kappa shape index (κ1) is 23.6. The first-order valence-electron chi connectivity index (χ1n) is 9.23. The van der Waals surface area contributed by atoms with Gasteiger partial charge in [-0.1, -0.05) is 26.0 Å². The van der Waals surface area contributed by atoms with Crippen LogP contribution in [-0.2, 0) is 29.9 Å². The van der Waals surface area contributed by atoms with E-state index in [1.165, 1.54) is 21.3 Å². The van der Waals surface area contributed by atoms with Gasteiger partial charge in [0.2, 0.25) is 5.75 Å². The smallest absolute Gasteiger partial charge is 0.337 e. The molecule has 1 atom stereocenters. The maximum atomic E-state index is 12.8. The van der Waals surface area contributed by atoms with E-state index in [-0.39, 0.29) is 29.8 Å². The Morgan fingerprint density at radius 2 is 1.77 bits per heavy atom. The lowest BCUT2D eigenvalue weighted by atomic mass is 10.1. The fourth-order valence-corrected chi connectivity index (χ4v) is 3.90. The van der Waals surface area contributed by atoms with Crippen molar-refractivity contribution in [3.8, 4) is 17.2 Å². The molecule has 1 unspecified atom stereocenters. The largest absolute Gasteiger partial charge is 0.493 e. The summed E-state index contributed by atoms with van der Waals surface area (Å²) in [5, 5.41) is 0.990. The van der Waals surface area contributed by atoms with Crippen molar-refractivity contribution in [1.82, 2.24) is 0 Å². The van der Waals surface area contributed by atoms with Gasteiger partial charge in [0.25, 0.3) is 0 Å². The van der Waals surface area contributed by atoms with E-state index in [1.807, 2.05) is 13.8 Å². The second-order valence-electron chi connectivity index (χ2n) is 6.74. The highest BCUT2D eigenvalue weighted by Gasteiger charge is 2.24. The number of benzene rings is 2. The molecule has 0 fully saturated rings. The maximum absolute atomic E-state index is 12.8. The summed E-state index contributed by atoms with van der Waals surface area (Å²) in [6, 6.07) is 6.72. The normalized spacial score (nSPS) is 11.9. The van der Waals surface area contributed by atoms with E-state index in [0.29, 0.717) is 28.0 Å². The van der Waals surface area contributed by atoms with Crippen molar-refractivity contribution in [3.63, 3.8) is 0 Å². The van der Waals surface area contributed by atoms with E-state index in [1.54, 1.807) is 24.3 Å². The Labute approximate surface area is 177 Å². The molecule has 164 valence electrons. The monoisotopic (exact) mass is 438 g/mol. The third kappa shape index (κ3) is 5.70. The lowest BCUT2D eigenvalue weighted by Gasteiger charge is -2.17. The molecular weight excluding hydrogens is 412 g/mol. The van der Waals surface area contributed by atoms with E-state index in [4.69, 9.17) is 18.9 Å². The zero-order chi connectivity index (χ0) is 22.3. The van der Waals surface area contributed by atoms with E-state index < -0.39 is 22.7 Å².